The van der Waals surface area contributed by atoms with Crippen molar-refractivity contribution in [3.05, 3.63) is 35.9 Å². The molecule has 4 heteroatoms. The van der Waals surface area contributed by atoms with Gasteiger partial charge in [-0.05, 0) is 18.4 Å². The molecule has 1 aromatic carbocycles. The van der Waals surface area contributed by atoms with Gasteiger partial charge in [-0.3, -0.25) is 4.79 Å². The molecule has 1 saturated heterocycles. The normalized spacial score (nSPS) is 20.7. The second-order valence-electron chi connectivity index (χ2n) is 4.69. The van der Waals surface area contributed by atoms with Crippen molar-refractivity contribution in [2.24, 2.45) is 0 Å². The number of carbonyl (C=O) groups excluding carboxylic acids is 1. The summed E-state index contributed by atoms with van der Waals surface area (Å²) in [5.41, 5.74) is 1.18. The van der Waals surface area contributed by atoms with Crippen molar-refractivity contribution in [1.29, 1.82) is 0 Å². The average molecular weight is 248 g/mol. The van der Waals surface area contributed by atoms with E-state index in [-0.39, 0.29) is 24.6 Å². The Kier molecular flexibility index (Phi) is 4.73. The molecule has 0 radical (unpaired) electrons. The molecule has 0 saturated carbocycles. The lowest BCUT2D eigenvalue weighted by molar-refractivity contribution is -0.119. The zero-order valence-electron chi connectivity index (χ0n) is 10.4. The third-order valence-electron chi connectivity index (χ3n) is 3.32. The van der Waals surface area contributed by atoms with E-state index in [0.717, 1.165) is 13.0 Å². The summed E-state index contributed by atoms with van der Waals surface area (Å²) in [7, 11) is 0. The largest absolute Gasteiger partial charge is 0.396 e. The summed E-state index contributed by atoms with van der Waals surface area (Å²) in [4.78, 5) is 11.1. The lowest BCUT2D eigenvalue weighted by Crippen LogP contribution is -2.37. The molecule has 2 rings (SSSR count). The van der Waals surface area contributed by atoms with Crippen molar-refractivity contribution in [2.75, 3.05) is 13.2 Å². The molecule has 3 N–H and O–H groups in total. The van der Waals surface area contributed by atoms with Crippen LogP contribution in [-0.2, 0) is 4.79 Å². The van der Waals surface area contributed by atoms with Crippen LogP contribution in [0.1, 0.15) is 30.9 Å². The van der Waals surface area contributed by atoms with Crippen LogP contribution >= 0.6 is 0 Å². The van der Waals surface area contributed by atoms with Crippen LogP contribution in [0.25, 0.3) is 0 Å². The van der Waals surface area contributed by atoms with Crippen molar-refractivity contribution < 1.29 is 9.90 Å². The van der Waals surface area contributed by atoms with Gasteiger partial charge >= 0.3 is 0 Å². The van der Waals surface area contributed by atoms with E-state index in [9.17, 15) is 4.79 Å². The van der Waals surface area contributed by atoms with E-state index in [4.69, 9.17) is 5.11 Å². The van der Waals surface area contributed by atoms with Gasteiger partial charge < -0.3 is 15.7 Å². The minimum Gasteiger partial charge on any atom is -0.396 e. The Balaban J connectivity index is 1.88. The van der Waals surface area contributed by atoms with E-state index in [1.54, 1.807) is 0 Å². The number of hydrogen-bond donors (Lipinski definition) is 3. The van der Waals surface area contributed by atoms with Crippen molar-refractivity contribution in [1.82, 2.24) is 10.6 Å². The Labute approximate surface area is 107 Å². The zero-order chi connectivity index (χ0) is 12.8. The predicted octanol–water partition coefficient (Wildman–Crippen LogP) is 0.978. The van der Waals surface area contributed by atoms with Gasteiger partial charge in [0.2, 0.25) is 5.91 Å². The molecule has 4 nitrogen and oxygen atoms in total. The van der Waals surface area contributed by atoms with Gasteiger partial charge in [0.05, 0.1) is 0 Å². The lowest BCUT2D eigenvalue weighted by atomic mass is 10.0. The predicted molar refractivity (Wildman–Crippen MR) is 70.1 cm³/mol. The molecule has 1 heterocycles. The quantitative estimate of drug-likeness (QED) is 0.703. The van der Waals surface area contributed by atoms with Crippen LogP contribution in [0.4, 0.5) is 0 Å². The zero-order valence-corrected chi connectivity index (χ0v) is 10.4. The molecule has 98 valence electrons. The minimum atomic E-state index is 0.139. The Morgan fingerprint density at radius 2 is 2.17 bits per heavy atom. The molecule has 18 heavy (non-hydrogen) atoms. The molecule has 1 amide bonds. The molecule has 2 atom stereocenters. The Morgan fingerprint density at radius 3 is 2.78 bits per heavy atom. The highest BCUT2D eigenvalue weighted by Crippen LogP contribution is 2.16. The van der Waals surface area contributed by atoms with Gasteiger partial charge in [0.1, 0.15) is 0 Å². The van der Waals surface area contributed by atoms with Gasteiger partial charge in [0, 0.05) is 31.7 Å². The maximum Gasteiger partial charge on any atom is 0.220 e. The molecule has 1 aliphatic heterocycles. The van der Waals surface area contributed by atoms with E-state index in [2.05, 4.69) is 22.8 Å². The van der Waals surface area contributed by atoms with Gasteiger partial charge in [0.15, 0.2) is 0 Å². The van der Waals surface area contributed by atoms with Gasteiger partial charge in [-0.15, -0.1) is 0 Å². The minimum absolute atomic E-state index is 0.139. The number of aliphatic hydroxyl groups is 1. The van der Waals surface area contributed by atoms with Gasteiger partial charge in [0.25, 0.3) is 0 Å². The molecule has 1 aromatic rings. The summed E-state index contributed by atoms with van der Waals surface area (Å²) in [6.07, 6.45) is 2.21. The third-order valence-corrected chi connectivity index (χ3v) is 3.32. The van der Waals surface area contributed by atoms with E-state index >= 15 is 0 Å². The third kappa shape index (κ3) is 3.55. The second-order valence-corrected chi connectivity index (χ2v) is 4.69. The first kappa shape index (κ1) is 13.1. The van der Waals surface area contributed by atoms with E-state index in [1.807, 2.05) is 18.2 Å². The molecule has 0 bridgehead atoms. The lowest BCUT2D eigenvalue weighted by Gasteiger charge is -2.20. The van der Waals surface area contributed by atoms with Gasteiger partial charge in [-0.25, -0.2) is 0 Å². The van der Waals surface area contributed by atoms with E-state index in [1.165, 1.54) is 5.56 Å². The maximum absolute atomic E-state index is 11.1. The van der Waals surface area contributed by atoms with E-state index in [0.29, 0.717) is 12.8 Å². The molecule has 0 aliphatic carbocycles. The SMILES string of the molecule is O=C1CC[C@H](CN[C@@H](CCO)c2ccccc2)N1. The highest BCUT2D eigenvalue weighted by Gasteiger charge is 2.21. The first-order valence-electron chi connectivity index (χ1n) is 6.48. The Bertz CT molecular complexity index is 381. The molecule has 1 aliphatic rings. The topological polar surface area (TPSA) is 61.4 Å². The number of hydrogen-bond acceptors (Lipinski definition) is 3. The molecular weight excluding hydrogens is 228 g/mol. The first-order chi connectivity index (χ1) is 8.79. The van der Waals surface area contributed by atoms with Crippen molar-refractivity contribution in [2.45, 2.75) is 31.3 Å². The summed E-state index contributed by atoms with van der Waals surface area (Å²) < 4.78 is 0. The smallest absolute Gasteiger partial charge is 0.220 e. The fraction of sp³-hybridized carbons (Fsp3) is 0.500. The standard InChI is InChI=1S/C14H20N2O2/c17-9-8-13(11-4-2-1-3-5-11)15-10-12-6-7-14(18)16-12/h1-5,12-13,15,17H,6-10H2,(H,16,18)/t12-,13+/m1/s1. The van der Waals surface area contributed by atoms with Crippen LogP contribution in [-0.4, -0.2) is 30.2 Å². The molecular formula is C14H20N2O2. The van der Waals surface area contributed by atoms with Gasteiger partial charge in [-0.1, -0.05) is 30.3 Å². The van der Waals surface area contributed by atoms with Crippen LogP contribution in [0, 0.1) is 0 Å². The van der Waals surface area contributed by atoms with Crippen LogP contribution in [0.3, 0.4) is 0 Å². The molecule has 0 unspecified atom stereocenters. The number of benzene rings is 1. The average Bonchev–Trinajstić information content (AvgIpc) is 2.81. The number of aliphatic hydroxyl groups excluding tert-OH is 1. The van der Waals surface area contributed by atoms with Crippen LogP contribution in [0.15, 0.2) is 30.3 Å². The van der Waals surface area contributed by atoms with Crippen LogP contribution in [0.5, 0.6) is 0 Å². The van der Waals surface area contributed by atoms with Crippen molar-refractivity contribution >= 4 is 5.91 Å². The second kappa shape index (κ2) is 6.52. The Morgan fingerprint density at radius 1 is 1.39 bits per heavy atom. The fourth-order valence-electron chi connectivity index (χ4n) is 2.32. The molecule has 1 fully saturated rings. The maximum atomic E-state index is 11.1. The summed E-state index contributed by atoms with van der Waals surface area (Å²) in [6, 6.07) is 10.5. The fourth-order valence-corrected chi connectivity index (χ4v) is 2.32. The van der Waals surface area contributed by atoms with Crippen LogP contribution < -0.4 is 10.6 Å². The summed E-state index contributed by atoms with van der Waals surface area (Å²) >= 11 is 0. The van der Waals surface area contributed by atoms with Crippen LogP contribution in [0.2, 0.25) is 0 Å². The number of amides is 1. The number of nitrogens with one attached hydrogen (secondary N) is 2. The Hall–Kier alpha value is -1.39. The highest BCUT2D eigenvalue weighted by atomic mass is 16.3. The van der Waals surface area contributed by atoms with Gasteiger partial charge in [-0.2, -0.15) is 0 Å². The summed E-state index contributed by atoms with van der Waals surface area (Å²) in [5, 5.41) is 15.5. The highest BCUT2D eigenvalue weighted by molar-refractivity contribution is 5.78. The number of rotatable bonds is 6. The summed E-state index contributed by atoms with van der Waals surface area (Å²) in [6.45, 7) is 0.912. The molecule has 0 aromatic heterocycles. The summed E-state index contributed by atoms with van der Waals surface area (Å²) in [5.74, 6) is 0.139. The first-order valence-corrected chi connectivity index (χ1v) is 6.48. The molecule has 0 spiro atoms. The van der Waals surface area contributed by atoms with E-state index < -0.39 is 0 Å². The van der Waals surface area contributed by atoms with Crippen molar-refractivity contribution in [3.63, 3.8) is 0 Å². The van der Waals surface area contributed by atoms with Crippen molar-refractivity contribution in [3.8, 4) is 0 Å². The monoisotopic (exact) mass is 248 g/mol. The number of carbonyl (C=O) groups is 1.